The first-order chi connectivity index (χ1) is 10.0. The van der Waals surface area contributed by atoms with Gasteiger partial charge in [-0.15, -0.1) is 11.3 Å². The molecule has 2 aromatic heterocycles. The molecule has 21 heavy (non-hydrogen) atoms. The molecule has 0 saturated heterocycles. The number of thiophene rings is 1. The van der Waals surface area contributed by atoms with Gasteiger partial charge in [-0.05, 0) is 55.0 Å². The van der Waals surface area contributed by atoms with Gasteiger partial charge in [0.25, 0.3) is 0 Å². The first-order valence-corrected chi connectivity index (χ1v) is 8.79. The largest absolute Gasteiger partial charge is 0.339 e. The molecular weight excluding hydrogens is 280 g/mol. The molecule has 0 amide bonds. The summed E-state index contributed by atoms with van der Waals surface area (Å²) in [5.41, 5.74) is 1.84. The molecule has 0 N–H and O–H groups in total. The van der Waals surface area contributed by atoms with Crippen LogP contribution in [0.2, 0.25) is 0 Å². The Kier molecular flexibility index (Phi) is 3.00. The van der Waals surface area contributed by atoms with E-state index in [1.165, 1.54) is 36.1 Å². The van der Waals surface area contributed by atoms with Gasteiger partial charge in [0.1, 0.15) is 0 Å². The van der Waals surface area contributed by atoms with Crippen LogP contribution in [-0.4, -0.2) is 10.1 Å². The third-order valence-electron chi connectivity index (χ3n) is 5.14. The minimum atomic E-state index is 0.432. The van der Waals surface area contributed by atoms with E-state index in [9.17, 15) is 0 Å². The molecule has 2 aromatic rings. The Balaban J connectivity index is 1.48. The second-order valence-corrected chi connectivity index (χ2v) is 8.46. The monoisotopic (exact) mass is 302 g/mol. The van der Waals surface area contributed by atoms with Gasteiger partial charge >= 0.3 is 0 Å². The fourth-order valence-electron chi connectivity index (χ4n) is 3.74. The predicted octanol–water partition coefficient (Wildman–Crippen LogP) is 5.00. The van der Waals surface area contributed by atoms with E-state index in [-0.39, 0.29) is 0 Å². The molecule has 0 bridgehead atoms. The van der Waals surface area contributed by atoms with Gasteiger partial charge in [-0.3, -0.25) is 0 Å². The first-order valence-electron chi connectivity index (χ1n) is 7.91. The highest BCUT2D eigenvalue weighted by atomic mass is 32.1. The maximum Gasteiger partial charge on any atom is 0.230 e. The van der Waals surface area contributed by atoms with Crippen molar-refractivity contribution < 1.29 is 4.52 Å². The molecular formula is C17H22N2OS. The summed E-state index contributed by atoms with van der Waals surface area (Å²) in [5, 5.41) is 6.46. The van der Waals surface area contributed by atoms with Crippen LogP contribution in [0.4, 0.5) is 0 Å². The first kappa shape index (κ1) is 13.5. The quantitative estimate of drug-likeness (QED) is 0.800. The lowest BCUT2D eigenvalue weighted by Crippen LogP contribution is -2.05. The Hall–Kier alpha value is -1.16. The summed E-state index contributed by atoms with van der Waals surface area (Å²) in [5.74, 6) is 3.38. The minimum absolute atomic E-state index is 0.432. The normalized spacial score (nSPS) is 30.7. The van der Waals surface area contributed by atoms with E-state index in [1.54, 1.807) is 0 Å². The van der Waals surface area contributed by atoms with Crippen molar-refractivity contribution in [2.45, 2.75) is 64.2 Å². The Labute approximate surface area is 129 Å². The summed E-state index contributed by atoms with van der Waals surface area (Å²) in [4.78, 5) is 6.24. The van der Waals surface area contributed by atoms with Crippen LogP contribution in [0.25, 0.3) is 0 Å². The second-order valence-electron chi connectivity index (χ2n) is 7.51. The standard InChI is InChI=1S/C17H22N2OS/c1-10-5-7-21-14(10)12-8-13(12)16-18-15(19-20-16)11-4-6-17(2,3)9-11/h5,7,11-13H,4,6,8-9H2,1-3H3. The highest BCUT2D eigenvalue weighted by molar-refractivity contribution is 7.10. The van der Waals surface area contributed by atoms with Crippen LogP contribution >= 0.6 is 11.3 Å². The van der Waals surface area contributed by atoms with Crippen molar-refractivity contribution in [3.63, 3.8) is 0 Å². The smallest absolute Gasteiger partial charge is 0.230 e. The average molecular weight is 302 g/mol. The molecule has 112 valence electrons. The molecule has 0 aromatic carbocycles. The van der Waals surface area contributed by atoms with Gasteiger partial charge in [-0.2, -0.15) is 4.98 Å². The molecule has 3 unspecified atom stereocenters. The van der Waals surface area contributed by atoms with E-state index < -0.39 is 0 Å². The van der Waals surface area contributed by atoms with Gasteiger partial charge in [0.05, 0.1) is 0 Å². The molecule has 4 heteroatoms. The number of aromatic nitrogens is 2. The van der Waals surface area contributed by atoms with Gasteiger partial charge in [-0.1, -0.05) is 19.0 Å². The topological polar surface area (TPSA) is 38.9 Å². The number of rotatable bonds is 3. The summed E-state index contributed by atoms with van der Waals surface area (Å²) >= 11 is 1.86. The van der Waals surface area contributed by atoms with Gasteiger partial charge in [0.15, 0.2) is 5.82 Å². The maximum atomic E-state index is 5.58. The minimum Gasteiger partial charge on any atom is -0.339 e. The van der Waals surface area contributed by atoms with Crippen molar-refractivity contribution in [2.24, 2.45) is 5.41 Å². The molecule has 2 aliphatic carbocycles. The van der Waals surface area contributed by atoms with Crippen LogP contribution < -0.4 is 0 Å². The van der Waals surface area contributed by atoms with Crippen LogP contribution in [-0.2, 0) is 0 Å². The highest BCUT2D eigenvalue weighted by Gasteiger charge is 2.45. The predicted molar refractivity (Wildman–Crippen MR) is 83.8 cm³/mol. The Morgan fingerprint density at radius 1 is 1.33 bits per heavy atom. The van der Waals surface area contributed by atoms with Crippen molar-refractivity contribution in [2.75, 3.05) is 0 Å². The number of aryl methyl sites for hydroxylation is 1. The van der Waals surface area contributed by atoms with Gasteiger partial charge < -0.3 is 4.52 Å². The molecule has 2 aliphatic rings. The SMILES string of the molecule is Cc1ccsc1C1CC1c1nc(C2CCC(C)(C)C2)no1. The molecule has 2 fully saturated rings. The van der Waals surface area contributed by atoms with Crippen molar-refractivity contribution in [1.82, 2.24) is 10.1 Å². The van der Waals surface area contributed by atoms with Crippen LogP contribution in [0.5, 0.6) is 0 Å². The maximum absolute atomic E-state index is 5.58. The summed E-state index contributed by atoms with van der Waals surface area (Å²) in [6.45, 7) is 6.87. The summed E-state index contributed by atoms with van der Waals surface area (Å²) < 4.78 is 5.58. The average Bonchev–Trinajstić information content (AvgIpc) is 2.81. The lowest BCUT2D eigenvalue weighted by molar-refractivity contribution is 0.359. The Bertz CT molecular complexity index is 657. The van der Waals surface area contributed by atoms with Gasteiger partial charge in [0.2, 0.25) is 5.89 Å². The Morgan fingerprint density at radius 2 is 2.19 bits per heavy atom. The summed E-state index contributed by atoms with van der Waals surface area (Å²) in [7, 11) is 0. The Morgan fingerprint density at radius 3 is 2.86 bits per heavy atom. The van der Waals surface area contributed by atoms with Gasteiger partial charge in [-0.25, -0.2) is 0 Å². The van der Waals surface area contributed by atoms with Crippen molar-refractivity contribution in [3.8, 4) is 0 Å². The molecule has 3 atom stereocenters. The summed E-state index contributed by atoms with van der Waals surface area (Å²) in [6, 6.07) is 2.20. The van der Waals surface area contributed by atoms with Crippen LogP contribution in [0.3, 0.4) is 0 Å². The van der Waals surface area contributed by atoms with Crippen LogP contribution in [0, 0.1) is 12.3 Å². The molecule has 0 spiro atoms. The molecule has 0 radical (unpaired) electrons. The molecule has 0 aliphatic heterocycles. The third kappa shape index (κ3) is 2.44. The van der Waals surface area contributed by atoms with E-state index in [0.717, 1.165) is 11.7 Å². The van der Waals surface area contributed by atoms with E-state index in [1.807, 2.05) is 11.3 Å². The van der Waals surface area contributed by atoms with Gasteiger partial charge in [0, 0.05) is 22.6 Å². The zero-order valence-electron chi connectivity index (χ0n) is 12.9. The lowest BCUT2D eigenvalue weighted by Gasteiger charge is -2.15. The van der Waals surface area contributed by atoms with Crippen LogP contribution in [0.1, 0.15) is 79.4 Å². The van der Waals surface area contributed by atoms with E-state index >= 15 is 0 Å². The van der Waals surface area contributed by atoms with Crippen molar-refractivity contribution in [1.29, 1.82) is 0 Å². The summed E-state index contributed by atoms with van der Waals surface area (Å²) in [6.07, 6.45) is 4.81. The van der Waals surface area contributed by atoms with Crippen molar-refractivity contribution in [3.05, 3.63) is 33.6 Å². The molecule has 2 saturated carbocycles. The zero-order chi connectivity index (χ0) is 14.6. The lowest BCUT2D eigenvalue weighted by atomic mass is 9.90. The molecule has 4 rings (SSSR count). The van der Waals surface area contributed by atoms with E-state index in [0.29, 0.717) is 23.2 Å². The molecule has 3 nitrogen and oxygen atoms in total. The number of hydrogen-bond donors (Lipinski definition) is 0. The number of hydrogen-bond acceptors (Lipinski definition) is 4. The second kappa shape index (κ2) is 4.67. The number of nitrogens with zero attached hydrogens (tertiary/aromatic N) is 2. The fourth-order valence-corrected chi connectivity index (χ4v) is 4.85. The zero-order valence-corrected chi connectivity index (χ0v) is 13.7. The fraction of sp³-hybridized carbons (Fsp3) is 0.647. The van der Waals surface area contributed by atoms with Crippen LogP contribution in [0.15, 0.2) is 16.0 Å². The third-order valence-corrected chi connectivity index (χ3v) is 6.29. The van der Waals surface area contributed by atoms with E-state index in [2.05, 4.69) is 37.4 Å². The van der Waals surface area contributed by atoms with E-state index in [4.69, 9.17) is 9.51 Å². The highest BCUT2D eigenvalue weighted by Crippen LogP contribution is 2.56. The van der Waals surface area contributed by atoms with Crippen molar-refractivity contribution >= 4 is 11.3 Å². The molecule has 2 heterocycles.